The van der Waals surface area contributed by atoms with E-state index in [-0.39, 0.29) is 0 Å². The van der Waals surface area contributed by atoms with Gasteiger partial charge in [0.1, 0.15) is 11.5 Å². The van der Waals surface area contributed by atoms with E-state index in [4.69, 9.17) is 10.2 Å². The van der Waals surface area contributed by atoms with Gasteiger partial charge in [-0.3, -0.25) is 4.90 Å². The minimum absolute atomic E-state index is 0.391. The van der Waals surface area contributed by atoms with Crippen molar-refractivity contribution in [2.45, 2.75) is 31.7 Å². The van der Waals surface area contributed by atoms with Gasteiger partial charge in [-0.05, 0) is 56.9 Å². The van der Waals surface area contributed by atoms with Crippen LogP contribution in [0.3, 0.4) is 0 Å². The normalized spacial score (nSPS) is 37.6. The van der Waals surface area contributed by atoms with Crippen LogP contribution in [-0.2, 0) is 0 Å². The highest BCUT2D eigenvalue weighted by atomic mass is 16.3. The zero-order valence-electron chi connectivity index (χ0n) is 10.7. The van der Waals surface area contributed by atoms with Crippen LogP contribution >= 0.6 is 0 Å². The minimum atomic E-state index is 0.391. The molecule has 3 heteroatoms. The van der Waals surface area contributed by atoms with Crippen LogP contribution in [0.15, 0.2) is 16.5 Å². The summed E-state index contributed by atoms with van der Waals surface area (Å²) in [6.45, 7) is 4.17. The molecule has 1 saturated heterocycles. The van der Waals surface area contributed by atoms with Crippen molar-refractivity contribution < 1.29 is 4.42 Å². The van der Waals surface area contributed by atoms with Gasteiger partial charge < -0.3 is 10.2 Å². The average molecular weight is 234 g/mol. The second-order valence-corrected chi connectivity index (χ2v) is 5.77. The van der Waals surface area contributed by atoms with Crippen molar-refractivity contribution in [3.05, 3.63) is 23.7 Å². The van der Waals surface area contributed by atoms with E-state index in [1.807, 2.05) is 0 Å². The maximum Gasteiger partial charge on any atom is 0.121 e. The van der Waals surface area contributed by atoms with Crippen molar-refractivity contribution in [1.82, 2.24) is 4.90 Å². The first-order chi connectivity index (χ1) is 8.20. The highest BCUT2D eigenvalue weighted by Crippen LogP contribution is 2.48. The molecule has 4 atom stereocenters. The van der Waals surface area contributed by atoms with Crippen molar-refractivity contribution in [3.63, 3.8) is 0 Å². The van der Waals surface area contributed by atoms with Crippen molar-refractivity contribution in [2.24, 2.45) is 17.6 Å². The number of likely N-dealkylation sites (tertiary alicyclic amines) is 1. The lowest BCUT2D eigenvalue weighted by atomic mass is 9.99. The van der Waals surface area contributed by atoms with Crippen LogP contribution in [0.25, 0.3) is 0 Å². The van der Waals surface area contributed by atoms with Gasteiger partial charge in [0.15, 0.2) is 0 Å². The molecule has 3 nitrogen and oxygen atoms in total. The summed E-state index contributed by atoms with van der Waals surface area (Å²) in [5.41, 5.74) is 5.86. The molecule has 0 radical (unpaired) electrons. The quantitative estimate of drug-likeness (QED) is 0.873. The molecule has 94 valence electrons. The number of furan rings is 1. The second-order valence-electron chi connectivity index (χ2n) is 5.77. The molecule has 2 aliphatic rings. The lowest BCUT2D eigenvalue weighted by Crippen LogP contribution is -2.24. The van der Waals surface area contributed by atoms with E-state index in [0.29, 0.717) is 17.9 Å². The Hall–Kier alpha value is -0.800. The molecule has 17 heavy (non-hydrogen) atoms. The van der Waals surface area contributed by atoms with Crippen LogP contribution in [0.4, 0.5) is 0 Å². The molecule has 1 aliphatic carbocycles. The zero-order chi connectivity index (χ0) is 12.0. The Morgan fingerprint density at radius 1 is 1.41 bits per heavy atom. The average Bonchev–Trinajstić information content (AvgIpc) is 2.77. The van der Waals surface area contributed by atoms with Gasteiger partial charge in [0.25, 0.3) is 0 Å². The SMILES string of the molecule is CC1CC1c1ccc(C2C(CN)CCN2C)o1. The first-order valence-electron chi connectivity index (χ1n) is 6.70. The van der Waals surface area contributed by atoms with Gasteiger partial charge in [0.2, 0.25) is 0 Å². The first kappa shape index (κ1) is 11.3. The zero-order valence-corrected chi connectivity index (χ0v) is 10.7. The Morgan fingerprint density at radius 2 is 2.12 bits per heavy atom. The molecule has 1 aromatic heterocycles. The second kappa shape index (κ2) is 4.14. The topological polar surface area (TPSA) is 42.4 Å². The molecule has 1 saturated carbocycles. The highest BCUT2D eigenvalue weighted by Gasteiger charge is 2.39. The van der Waals surface area contributed by atoms with Crippen molar-refractivity contribution in [3.8, 4) is 0 Å². The molecular formula is C14H22N2O. The van der Waals surface area contributed by atoms with E-state index < -0.39 is 0 Å². The lowest BCUT2D eigenvalue weighted by molar-refractivity contribution is 0.236. The van der Waals surface area contributed by atoms with E-state index in [1.54, 1.807) is 0 Å². The van der Waals surface area contributed by atoms with Crippen molar-refractivity contribution >= 4 is 0 Å². The Kier molecular flexibility index (Phi) is 2.75. The van der Waals surface area contributed by atoms with Gasteiger partial charge in [0, 0.05) is 5.92 Å². The Balaban J connectivity index is 1.80. The fourth-order valence-corrected chi connectivity index (χ4v) is 3.17. The first-order valence-corrected chi connectivity index (χ1v) is 6.70. The standard InChI is InChI=1S/C14H22N2O/c1-9-7-11(9)12-3-4-13(17-12)14-10(8-15)5-6-16(14)2/h3-4,9-11,14H,5-8,15H2,1-2H3. The Bertz CT molecular complexity index is 401. The third kappa shape index (κ3) is 1.91. The molecule has 0 bridgehead atoms. The van der Waals surface area contributed by atoms with Crippen LogP contribution in [0.5, 0.6) is 0 Å². The van der Waals surface area contributed by atoms with Crippen LogP contribution < -0.4 is 5.73 Å². The summed E-state index contributed by atoms with van der Waals surface area (Å²) in [6, 6.07) is 4.72. The van der Waals surface area contributed by atoms with E-state index in [9.17, 15) is 0 Å². The molecule has 0 spiro atoms. The number of nitrogens with two attached hydrogens (primary N) is 1. The number of hydrogen-bond acceptors (Lipinski definition) is 3. The minimum Gasteiger partial charge on any atom is -0.464 e. The molecular weight excluding hydrogens is 212 g/mol. The Labute approximate surface area is 103 Å². The number of nitrogens with zero attached hydrogens (tertiary/aromatic N) is 1. The van der Waals surface area contributed by atoms with Gasteiger partial charge in [-0.1, -0.05) is 6.92 Å². The van der Waals surface area contributed by atoms with Crippen molar-refractivity contribution in [2.75, 3.05) is 20.1 Å². The van der Waals surface area contributed by atoms with Gasteiger partial charge in [-0.2, -0.15) is 0 Å². The smallest absolute Gasteiger partial charge is 0.121 e. The van der Waals surface area contributed by atoms with Crippen LogP contribution in [0.1, 0.15) is 43.2 Å². The maximum absolute atomic E-state index is 6.07. The predicted octanol–water partition coefficient (Wildman–Crippen LogP) is 2.35. The van der Waals surface area contributed by atoms with E-state index in [1.165, 1.54) is 18.6 Å². The van der Waals surface area contributed by atoms with Crippen LogP contribution in [0, 0.1) is 11.8 Å². The molecule has 2 heterocycles. The number of rotatable bonds is 3. The molecule has 0 amide bonds. The maximum atomic E-state index is 6.07. The predicted molar refractivity (Wildman–Crippen MR) is 67.8 cm³/mol. The van der Waals surface area contributed by atoms with Gasteiger partial charge in [-0.15, -0.1) is 0 Å². The molecule has 3 rings (SSSR count). The van der Waals surface area contributed by atoms with Crippen molar-refractivity contribution in [1.29, 1.82) is 0 Å². The third-order valence-corrected chi connectivity index (χ3v) is 4.49. The summed E-state index contributed by atoms with van der Waals surface area (Å²) in [4.78, 5) is 2.37. The van der Waals surface area contributed by atoms with Crippen LogP contribution in [0.2, 0.25) is 0 Å². The van der Waals surface area contributed by atoms with Gasteiger partial charge >= 0.3 is 0 Å². The monoisotopic (exact) mass is 234 g/mol. The van der Waals surface area contributed by atoms with Gasteiger partial charge in [0.05, 0.1) is 6.04 Å². The molecule has 2 N–H and O–H groups in total. The summed E-state index contributed by atoms with van der Waals surface area (Å²) in [6.07, 6.45) is 2.47. The Morgan fingerprint density at radius 3 is 2.76 bits per heavy atom. The molecule has 1 aromatic rings. The van der Waals surface area contributed by atoms with Gasteiger partial charge in [-0.25, -0.2) is 0 Å². The molecule has 4 unspecified atom stereocenters. The fraction of sp³-hybridized carbons (Fsp3) is 0.714. The summed E-state index contributed by atoms with van der Waals surface area (Å²) in [5, 5.41) is 0. The summed E-state index contributed by atoms with van der Waals surface area (Å²) < 4.78 is 6.07. The van der Waals surface area contributed by atoms with E-state index in [0.717, 1.165) is 24.8 Å². The highest BCUT2D eigenvalue weighted by molar-refractivity contribution is 5.20. The molecule has 2 fully saturated rings. The third-order valence-electron chi connectivity index (χ3n) is 4.49. The molecule has 1 aliphatic heterocycles. The van der Waals surface area contributed by atoms with E-state index in [2.05, 4.69) is 31.0 Å². The summed E-state index contributed by atoms with van der Waals surface area (Å²) >= 11 is 0. The summed E-state index contributed by atoms with van der Waals surface area (Å²) in [7, 11) is 2.17. The largest absolute Gasteiger partial charge is 0.464 e. The van der Waals surface area contributed by atoms with E-state index >= 15 is 0 Å². The van der Waals surface area contributed by atoms with Crippen LogP contribution in [-0.4, -0.2) is 25.0 Å². The lowest BCUT2D eigenvalue weighted by Gasteiger charge is -2.21. The summed E-state index contributed by atoms with van der Waals surface area (Å²) in [5.74, 6) is 4.33. The molecule has 0 aromatic carbocycles. The number of hydrogen-bond donors (Lipinski definition) is 1. The fourth-order valence-electron chi connectivity index (χ4n) is 3.17.